The van der Waals surface area contributed by atoms with Crippen molar-refractivity contribution in [3.8, 4) is 11.8 Å². The minimum atomic E-state index is 0.163. The molecule has 1 unspecified atom stereocenters. The summed E-state index contributed by atoms with van der Waals surface area (Å²) < 4.78 is 0. The standard InChI is InChI=1S/C13H16S/c1-10(2)13(14)8-7-12-6-4-5-11(3)9-12/h4-6,9-10,13-14H,1-3H3. The molecule has 0 nitrogen and oxygen atoms in total. The first-order chi connectivity index (χ1) is 6.59. The van der Waals surface area contributed by atoms with Gasteiger partial charge in [0.05, 0.1) is 5.25 Å². The van der Waals surface area contributed by atoms with Crippen molar-refractivity contribution in [1.29, 1.82) is 0 Å². The number of hydrogen-bond acceptors (Lipinski definition) is 1. The van der Waals surface area contributed by atoms with E-state index >= 15 is 0 Å². The SMILES string of the molecule is Cc1cccc(C#CC(S)C(C)C)c1. The zero-order valence-corrected chi connectivity index (χ0v) is 9.81. The quantitative estimate of drug-likeness (QED) is 0.526. The Morgan fingerprint density at radius 2 is 2.00 bits per heavy atom. The molecular weight excluding hydrogens is 188 g/mol. The normalized spacial score (nSPS) is 12.1. The number of benzene rings is 1. The van der Waals surface area contributed by atoms with Crippen LogP contribution in [0.2, 0.25) is 0 Å². The van der Waals surface area contributed by atoms with E-state index in [0.717, 1.165) is 5.56 Å². The second-order valence-electron chi connectivity index (χ2n) is 3.83. The van der Waals surface area contributed by atoms with Gasteiger partial charge in [-0.15, -0.1) is 0 Å². The lowest BCUT2D eigenvalue weighted by Crippen LogP contribution is -2.03. The summed E-state index contributed by atoms with van der Waals surface area (Å²) in [6.07, 6.45) is 0. The topological polar surface area (TPSA) is 0 Å². The summed E-state index contributed by atoms with van der Waals surface area (Å²) in [4.78, 5) is 0. The molecule has 1 aromatic carbocycles. The van der Waals surface area contributed by atoms with Crippen molar-refractivity contribution >= 4 is 12.6 Å². The maximum atomic E-state index is 4.41. The largest absolute Gasteiger partial charge is 0.162 e. The monoisotopic (exact) mass is 204 g/mol. The Morgan fingerprint density at radius 1 is 1.29 bits per heavy atom. The fraction of sp³-hybridized carbons (Fsp3) is 0.385. The van der Waals surface area contributed by atoms with E-state index in [9.17, 15) is 0 Å². The van der Waals surface area contributed by atoms with Crippen LogP contribution in [0, 0.1) is 24.7 Å². The van der Waals surface area contributed by atoms with Gasteiger partial charge in [0.15, 0.2) is 0 Å². The van der Waals surface area contributed by atoms with E-state index in [1.54, 1.807) is 0 Å². The van der Waals surface area contributed by atoms with E-state index in [4.69, 9.17) is 0 Å². The molecule has 0 heterocycles. The lowest BCUT2D eigenvalue weighted by atomic mass is 10.1. The van der Waals surface area contributed by atoms with Crippen molar-refractivity contribution in [1.82, 2.24) is 0 Å². The molecule has 0 fully saturated rings. The van der Waals surface area contributed by atoms with Gasteiger partial charge in [-0.3, -0.25) is 0 Å². The Kier molecular flexibility index (Phi) is 4.10. The highest BCUT2D eigenvalue weighted by Gasteiger charge is 2.02. The smallest absolute Gasteiger partial charge is 0.0653 e. The van der Waals surface area contributed by atoms with Crippen LogP contribution in [0.4, 0.5) is 0 Å². The molecule has 0 bridgehead atoms. The molecule has 74 valence electrons. The summed E-state index contributed by atoms with van der Waals surface area (Å²) in [5, 5.41) is 0.163. The molecule has 1 atom stereocenters. The van der Waals surface area contributed by atoms with Gasteiger partial charge in [-0.1, -0.05) is 37.8 Å². The van der Waals surface area contributed by atoms with Gasteiger partial charge >= 0.3 is 0 Å². The highest BCUT2D eigenvalue weighted by atomic mass is 32.1. The predicted octanol–water partition coefficient (Wildman–Crippen LogP) is 3.30. The molecule has 0 aliphatic carbocycles. The molecule has 1 aromatic rings. The lowest BCUT2D eigenvalue weighted by molar-refractivity contribution is 0.693. The summed E-state index contributed by atoms with van der Waals surface area (Å²) >= 11 is 4.41. The second-order valence-corrected chi connectivity index (χ2v) is 4.38. The molecule has 1 heteroatoms. The average molecular weight is 204 g/mol. The van der Waals surface area contributed by atoms with Crippen molar-refractivity contribution in [2.45, 2.75) is 26.0 Å². The molecule has 0 saturated carbocycles. The van der Waals surface area contributed by atoms with E-state index in [0.29, 0.717) is 5.92 Å². The minimum Gasteiger partial charge on any atom is -0.162 e. The molecule has 0 amide bonds. The number of thiol groups is 1. The Morgan fingerprint density at radius 3 is 2.57 bits per heavy atom. The third-order valence-corrected chi connectivity index (χ3v) is 2.74. The average Bonchev–Trinajstić information content (AvgIpc) is 2.14. The van der Waals surface area contributed by atoms with Gasteiger partial charge in [0, 0.05) is 5.56 Å². The highest BCUT2D eigenvalue weighted by Crippen LogP contribution is 2.08. The van der Waals surface area contributed by atoms with E-state index in [1.165, 1.54) is 5.56 Å². The van der Waals surface area contributed by atoms with Gasteiger partial charge in [0.1, 0.15) is 0 Å². The van der Waals surface area contributed by atoms with Crippen LogP contribution < -0.4 is 0 Å². The zero-order valence-electron chi connectivity index (χ0n) is 8.91. The maximum absolute atomic E-state index is 4.41. The van der Waals surface area contributed by atoms with Crippen molar-refractivity contribution in [3.63, 3.8) is 0 Å². The Hall–Kier alpha value is -0.870. The van der Waals surface area contributed by atoms with Crippen LogP contribution in [0.3, 0.4) is 0 Å². The Balaban J connectivity index is 2.77. The van der Waals surface area contributed by atoms with E-state index < -0.39 is 0 Å². The fourth-order valence-electron chi connectivity index (χ4n) is 1.05. The second kappa shape index (κ2) is 5.12. The number of rotatable bonds is 1. The molecule has 0 saturated heterocycles. The third kappa shape index (κ3) is 3.47. The molecule has 0 aliphatic heterocycles. The van der Waals surface area contributed by atoms with Crippen LogP contribution in [-0.4, -0.2) is 5.25 Å². The summed E-state index contributed by atoms with van der Waals surface area (Å²) in [6.45, 7) is 6.33. The fourth-order valence-corrected chi connectivity index (χ4v) is 1.11. The van der Waals surface area contributed by atoms with Gasteiger partial charge < -0.3 is 0 Å². The van der Waals surface area contributed by atoms with Crippen molar-refractivity contribution in [2.24, 2.45) is 5.92 Å². The van der Waals surface area contributed by atoms with Crippen molar-refractivity contribution < 1.29 is 0 Å². The van der Waals surface area contributed by atoms with Gasteiger partial charge in [-0.05, 0) is 30.5 Å². The van der Waals surface area contributed by atoms with Crippen LogP contribution in [-0.2, 0) is 0 Å². The van der Waals surface area contributed by atoms with Crippen LogP contribution >= 0.6 is 12.6 Å². The zero-order chi connectivity index (χ0) is 10.6. The summed E-state index contributed by atoms with van der Waals surface area (Å²) in [7, 11) is 0. The third-order valence-electron chi connectivity index (χ3n) is 2.01. The van der Waals surface area contributed by atoms with Crippen molar-refractivity contribution in [3.05, 3.63) is 35.4 Å². The van der Waals surface area contributed by atoms with E-state index in [1.807, 2.05) is 12.1 Å². The highest BCUT2D eigenvalue weighted by molar-refractivity contribution is 7.81. The molecule has 0 aromatic heterocycles. The van der Waals surface area contributed by atoms with Gasteiger partial charge in [-0.2, -0.15) is 12.6 Å². The predicted molar refractivity (Wildman–Crippen MR) is 65.7 cm³/mol. The lowest BCUT2D eigenvalue weighted by Gasteiger charge is -2.05. The van der Waals surface area contributed by atoms with Crippen LogP contribution in [0.5, 0.6) is 0 Å². The van der Waals surface area contributed by atoms with E-state index in [-0.39, 0.29) is 5.25 Å². The Labute approximate surface area is 92.1 Å². The molecule has 0 spiro atoms. The first-order valence-corrected chi connectivity index (χ1v) is 5.37. The first-order valence-electron chi connectivity index (χ1n) is 4.86. The van der Waals surface area contributed by atoms with Crippen molar-refractivity contribution in [2.75, 3.05) is 0 Å². The van der Waals surface area contributed by atoms with Crippen LogP contribution in [0.25, 0.3) is 0 Å². The van der Waals surface area contributed by atoms with E-state index in [2.05, 4.69) is 57.4 Å². The van der Waals surface area contributed by atoms with Gasteiger partial charge in [0.25, 0.3) is 0 Å². The summed E-state index contributed by atoms with van der Waals surface area (Å²) in [5.74, 6) is 6.78. The molecule has 1 rings (SSSR count). The molecule has 0 radical (unpaired) electrons. The Bertz CT molecular complexity index is 355. The molecule has 0 N–H and O–H groups in total. The number of hydrogen-bond donors (Lipinski definition) is 1. The first kappa shape index (κ1) is 11.2. The van der Waals surface area contributed by atoms with Crippen LogP contribution in [0.15, 0.2) is 24.3 Å². The molecular formula is C13H16S. The number of aryl methyl sites for hydroxylation is 1. The van der Waals surface area contributed by atoms with Gasteiger partial charge in [0.2, 0.25) is 0 Å². The summed E-state index contributed by atoms with van der Waals surface area (Å²) in [6, 6.07) is 8.22. The molecule has 14 heavy (non-hydrogen) atoms. The maximum Gasteiger partial charge on any atom is 0.0653 e. The molecule has 0 aliphatic rings. The van der Waals surface area contributed by atoms with Gasteiger partial charge in [-0.25, -0.2) is 0 Å². The summed E-state index contributed by atoms with van der Waals surface area (Å²) in [5.41, 5.74) is 2.32. The van der Waals surface area contributed by atoms with Crippen LogP contribution in [0.1, 0.15) is 25.0 Å². The minimum absolute atomic E-state index is 0.163.